The maximum Gasteiger partial charge on any atom is 0.336 e. The van der Waals surface area contributed by atoms with E-state index in [4.69, 9.17) is 24.7 Å². The van der Waals surface area contributed by atoms with E-state index in [1.54, 1.807) is 31.4 Å². The summed E-state index contributed by atoms with van der Waals surface area (Å²) in [5.41, 5.74) is 8.86. The maximum absolute atomic E-state index is 12.4. The molecule has 2 N–H and O–H groups in total. The molecule has 0 amide bonds. The van der Waals surface area contributed by atoms with Crippen molar-refractivity contribution in [2.45, 2.75) is 25.7 Å². The zero-order valence-electron chi connectivity index (χ0n) is 20.8. The Morgan fingerprint density at radius 2 is 1.86 bits per heavy atom. The number of carbonyl (C=O) groups excluding carboxylic acids is 1. The summed E-state index contributed by atoms with van der Waals surface area (Å²) in [4.78, 5) is 12.4. The van der Waals surface area contributed by atoms with Crippen LogP contribution in [0.1, 0.15) is 42.4 Å². The van der Waals surface area contributed by atoms with Gasteiger partial charge in [-0.15, -0.1) is 0 Å². The van der Waals surface area contributed by atoms with Crippen molar-refractivity contribution in [2.75, 3.05) is 13.7 Å². The number of hydrogen-bond acceptors (Lipinski definition) is 7. The first kappa shape index (κ1) is 25.4. The van der Waals surface area contributed by atoms with Crippen LogP contribution in [0.4, 0.5) is 0 Å². The lowest BCUT2D eigenvalue weighted by molar-refractivity contribution is -0.128. The Hall–Kier alpha value is -4.70. The predicted molar refractivity (Wildman–Crippen MR) is 140 cm³/mol. The van der Waals surface area contributed by atoms with Gasteiger partial charge in [0.05, 0.1) is 19.6 Å². The van der Waals surface area contributed by atoms with Gasteiger partial charge in [-0.2, -0.15) is 5.26 Å². The topological polar surface area (TPSA) is 104 Å². The van der Waals surface area contributed by atoms with Gasteiger partial charge in [-0.3, -0.25) is 0 Å². The fraction of sp³-hybridized carbons (Fsp3) is 0.200. The van der Waals surface area contributed by atoms with E-state index < -0.39 is 11.9 Å². The van der Waals surface area contributed by atoms with Gasteiger partial charge in [0.15, 0.2) is 0 Å². The third-order valence-corrected chi connectivity index (χ3v) is 5.89. The second kappa shape index (κ2) is 11.8. The second-order valence-corrected chi connectivity index (χ2v) is 8.43. The molecule has 3 aromatic carbocycles. The van der Waals surface area contributed by atoms with Crippen LogP contribution in [0.5, 0.6) is 23.0 Å². The van der Waals surface area contributed by atoms with Gasteiger partial charge in [-0.1, -0.05) is 43.7 Å². The summed E-state index contributed by atoms with van der Waals surface area (Å²) < 4.78 is 22.2. The Balaban J connectivity index is 1.55. The predicted octanol–water partition coefficient (Wildman–Crippen LogP) is 5.71. The summed E-state index contributed by atoms with van der Waals surface area (Å²) in [5, 5.41) is 9.83. The van der Waals surface area contributed by atoms with Gasteiger partial charge in [-0.25, -0.2) is 4.79 Å². The monoisotopic (exact) mass is 496 g/mol. The number of nitrogens with zero attached hydrogens (tertiary/aromatic N) is 1. The summed E-state index contributed by atoms with van der Waals surface area (Å²) in [5.74, 6) is 1.21. The molecule has 0 spiro atoms. The minimum Gasteiger partial charge on any atom is -0.497 e. The quantitative estimate of drug-likeness (QED) is 0.175. The number of esters is 1. The third kappa shape index (κ3) is 6.11. The molecule has 37 heavy (non-hydrogen) atoms. The zero-order chi connectivity index (χ0) is 26.2. The van der Waals surface area contributed by atoms with Crippen molar-refractivity contribution >= 4 is 12.0 Å². The number of ether oxygens (including phenoxy) is 4. The molecule has 0 saturated carbocycles. The van der Waals surface area contributed by atoms with E-state index >= 15 is 0 Å². The standard InChI is InChI=1S/C30H28N2O5/c1-3-4-16-35-23-7-5-6-21(17-23)29-25-14-13-24(18-27(25)37-30(32)26(29)19-31)36-28(33)15-10-20-8-11-22(34-2)12-9-20/h5-15,17-18,29H,3-4,16,32H2,1-2H3/b15-10+. The van der Waals surface area contributed by atoms with E-state index in [9.17, 15) is 10.1 Å². The highest BCUT2D eigenvalue weighted by atomic mass is 16.5. The molecular formula is C30H28N2O5. The zero-order valence-corrected chi connectivity index (χ0v) is 20.8. The van der Waals surface area contributed by atoms with Crippen molar-refractivity contribution in [1.82, 2.24) is 0 Å². The Morgan fingerprint density at radius 3 is 2.59 bits per heavy atom. The Morgan fingerprint density at radius 1 is 1.08 bits per heavy atom. The van der Waals surface area contributed by atoms with Crippen LogP contribution in [0, 0.1) is 11.3 Å². The van der Waals surface area contributed by atoms with Crippen LogP contribution < -0.4 is 24.7 Å². The SMILES string of the molecule is CCCCOc1cccc(C2C(C#N)=C(N)Oc3cc(OC(=O)/C=C/c4ccc(OC)cc4)ccc32)c1. The smallest absolute Gasteiger partial charge is 0.336 e. The van der Waals surface area contributed by atoms with Crippen LogP contribution in [-0.4, -0.2) is 19.7 Å². The van der Waals surface area contributed by atoms with Crippen LogP contribution in [0.2, 0.25) is 0 Å². The van der Waals surface area contributed by atoms with E-state index in [2.05, 4.69) is 13.0 Å². The number of benzene rings is 3. The van der Waals surface area contributed by atoms with Crippen molar-refractivity contribution in [1.29, 1.82) is 5.26 Å². The molecule has 1 unspecified atom stereocenters. The molecular weight excluding hydrogens is 468 g/mol. The lowest BCUT2D eigenvalue weighted by atomic mass is 9.83. The molecule has 1 atom stereocenters. The highest BCUT2D eigenvalue weighted by molar-refractivity contribution is 5.88. The fourth-order valence-corrected chi connectivity index (χ4v) is 3.99. The van der Waals surface area contributed by atoms with Gasteiger partial charge in [-0.05, 0) is 54.0 Å². The van der Waals surface area contributed by atoms with Crippen molar-refractivity contribution in [3.63, 3.8) is 0 Å². The van der Waals surface area contributed by atoms with Crippen molar-refractivity contribution in [3.8, 4) is 29.1 Å². The summed E-state index contributed by atoms with van der Waals surface area (Å²) in [6, 6.07) is 22.2. The highest BCUT2D eigenvalue weighted by Crippen LogP contribution is 2.44. The summed E-state index contributed by atoms with van der Waals surface area (Å²) >= 11 is 0. The Kier molecular flexibility index (Phi) is 8.11. The minimum atomic E-state index is -0.540. The number of nitriles is 1. The van der Waals surface area contributed by atoms with Gasteiger partial charge < -0.3 is 24.7 Å². The van der Waals surface area contributed by atoms with Crippen LogP contribution >= 0.6 is 0 Å². The molecule has 1 aliphatic rings. The van der Waals surface area contributed by atoms with Gasteiger partial charge >= 0.3 is 5.97 Å². The molecule has 0 bridgehead atoms. The summed E-state index contributed by atoms with van der Waals surface area (Å²) in [6.45, 7) is 2.73. The maximum atomic E-state index is 12.4. The Bertz CT molecular complexity index is 1370. The highest BCUT2D eigenvalue weighted by Gasteiger charge is 2.31. The molecule has 0 radical (unpaired) electrons. The molecule has 0 fully saturated rings. The summed E-state index contributed by atoms with van der Waals surface area (Å²) in [7, 11) is 1.59. The lowest BCUT2D eigenvalue weighted by Gasteiger charge is -2.27. The largest absolute Gasteiger partial charge is 0.497 e. The molecule has 7 heteroatoms. The lowest BCUT2D eigenvalue weighted by Crippen LogP contribution is -2.21. The molecule has 0 aliphatic carbocycles. The van der Waals surface area contributed by atoms with E-state index in [0.717, 1.165) is 41.0 Å². The van der Waals surface area contributed by atoms with Gasteiger partial charge in [0.25, 0.3) is 0 Å². The average molecular weight is 497 g/mol. The normalized spacial score (nSPS) is 14.5. The van der Waals surface area contributed by atoms with Crippen molar-refractivity contribution in [3.05, 3.63) is 101 Å². The molecule has 1 heterocycles. The number of fused-ring (bicyclic) bond motifs is 1. The van der Waals surface area contributed by atoms with Crippen molar-refractivity contribution in [2.24, 2.45) is 5.73 Å². The van der Waals surface area contributed by atoms with Gasteiger partial charge in [0.2, 0.25) is 5.88 Å². The number of rotatable bonds is 9. The fourth-order valence-electron chi connectivity index (χ4n) is 3.99. The Labute approximate surface area is 216 Å². The van der Waals surface area contributed by atoms with Crippen molar-refractivity contribution < 1.29 is 23.7 Å². The van der Waals surface area contributed by atoms with Gasteiger partial charge in [0.1, 0.15) is 34.6 Å². The molecule has 188 valence electrons. The van der Waals surface area contributed by atoms with E-state index in [1.165, 1.54) is 6.08 Å². The molecule has 0 saturated heterocycles. The number of nitrogens with two attached hydrogens (primary N) is 1. The molecule has 3 aromatic rings. The number of hydrogen-bond donors (Lipinski definition) is 1. The van der Waals surface area contributed by atoms with Crippen LogP contribution in [0.3, 0.4) is 0 Å². The first-order chi connectivity index (χ1) is 18.0. The van der Waals surface area contributed by atoms with E-state index in [-0.39, 0.29) is 5.88 Å². The van der Waals surface area contributed by atoms with Gasteiger partial charge in [0, 0.05) is 17.7 Å². The van der Waals surface area contributed by atoms with Crippen LogP contribution in [-0.2, 0) is 4.79 Å². The minimum absolute atomic E-state index is 0.0141. The van der Waals surface area contributed by atoms with Crippen LogP contribution in [0.15, 0.2) is 84.3 Å². The summed E-state index contributed by atoms with van der Waals surface area (Å²) in [6.07, 6.45) is 4.99. The first-order valence-electron chi connectivity index (χ1n) is 12.0. The van der Waals surface area contributed by atoms with E-state index in [1.807, 2.05) is 48.5 Å². The van der Waals surface area contributed by atoms with E-state index in [0.29, 0.717) is 23.7 Å². The number of allylic oxidation sites excluding steroid dienone is 1. The molecule has 0 aromatic heterocycles. The number of unbranched alkanes of at least 4 members (excludes halogenated alkanes) is 1. The van der Waals surface area contributed by atoms with Crippen LogP contribution in [0.25, 0.3) is 6.08 Å². The third-order valence-electron chi connectivity index (χ3n) is 5.89. The molecule has 7 nitrogen and oxygen atoms in total. The first-order valence-corrected chi connectivity index (χ1v) is 12.0. The number of carbonyl (C=O) groups is 1. The average Bonchev–Trinajstić information content (AvgIpc) is 2.91. The second-order valence-electron chi connectivity index (χ2n) is 8.43. The molecule has 1 aliphatic heterocycles. The number of methoxy groups -OCH3 is 1. The molecule has 4 rings (SSSR count).